The molecule has 5 heteroatoms. The number of carbonyl (C=O) groups excluding carboxylic acids is 1. The smallest absolute Gasteiger partial charge is 0.253 e. The van der Waals surface area contributed by atoms with E-state index in [4.69, 9.17) is 0 Å². The Morgan fingerprint density at radius 2 is 1.88 bits per heavy atom. The average molecular weight is 340 g/mol. The fourth-order valence-corrected chi connectivity index (χ4v) is 3.12. The molecule has 3 rings (SSSR count). The molecule has 1 aliphatic heterocycles. The van der Waals surface area contributed by atoms with E-state index < -0.39 is 0 Å². The van der Waals surface area contributed by atoms with E-state index in [1.807, 2.05) is 41.3 Å². The van der Waals surface area contributed by atoms with E-state index in [1.54, 1.807) is 12.1 Å². The summed E-state index contributed by atoms with van der Waals surface area (Å²) in [7, 11) is 0. The zero-order valence-electron chi connectivity index (χ0n) is 14.2. The maximum atomic E-state index is 12.7. The number of para-hydroxylation sites is 1. The third-order valence-corrected chi connectivity index (χ3v) is 4.74. The van der Waals surface area contributed by atoms with Gasteiger partial charge in [0.1, 0.15) is 5.75 Å². The number of nitrogens with zero attached hydrogens (tertiary/aromatic N) is 1. The minimum atomic E-state index is 0.0302. The van der Waals surface area contributed by atoms with Crippen molar-refractivity contribution in [2.75, 3.05) is 25.0 Å². The van der Waals surface area contributed by atoms with E-state index in [2.05, 4.69) is 5.32 Å². The highest BCUT2D eigenvalue weighted by molar-refractivity contribution is 5.95. The number of phenolic OH excluding ortho intramolecular Hbond substituents is 1. The first-order chi connectivity index (χ1) is 12.2. The van der Waals surface area contributed by atoms with Crippen LogP contribution >= 0.6 is 0 Å². The normalized spacial score (nSPS) is 15.2. The maximum absolute atomic E-state index is 12.7. The van der Waals surface area contributed by atoms with Crippen LogP contribution in [0.4, 0.5) is 5.69 Å². The minimum Gasteiger partial charge on any atom is -0.508 e. The van der Waals surface area contributed by atoms with Gasteiger partial charge >= 0.3 is 0 Å². The molecule has 0 aliphatic carbocycles. The molecule has 1 saturated heterocycles. The first kappa shape index (κ1) is 17.3. The van der Waals surface area contributed by atoms with E-state index in [1.165, 1.54) is 0 Å². The number of nitrogens with one attached hydrogen (secondary N) is 1. The number of anilines is 1. The summed E-state index contributed by atoms with van der Waals surface area (Å²) in [5.74, 6) is 0.604. The SMILES string of the molecule is O=C(c1cccc(NCc2ccccc2O)c1)N1CCC(CO)CC1. The van der Waals surface area contributed by atoms with Gasteiger partial charge < -0.3 is 20.4 Å². The molecule has 5 nitrogen and oxygen atoms in total. The molecule has 1 heterocycles. The highest BCUT2D eigenvalue weighted by Crippen LogP contribution is 2.21. The van der Waals surface area contributed by atoms with Gasteiger partial charge in [-0.05, 0) is 43.0 Å². The van der Waals surface area contributed by atoms with Crippen molar-refractivity contribution in [3.63, 3.8) is 0 Å². The van der Waals surface area contributed by atoms with Gasteiger partial charge in [0.15, 0.2) is 0 Å². The second-order valence-electron chi connectivity index (χ2n) is 6.48. The first-order valence-electron chi connectivity index (χ1n) is 8.68. The fraction of sp³-hybridized carbons (Fsp3) is 0.350. The molecule has 0 saturated carbocycles. The van der Waals surface area contributed by atoms with Gasteiger partial charge in [0.2, 0.25) is 0 Å². The van der Waals surface area contributed by atoms with Crippen LogP contribution in [-0.4, -0.2) is 40.7 Å². The molecule has 0 spiro atoms. The Labute approximate surface area is 147 Å². The molecule has 1 fully saturated rings. The number of rotatable bonds is 5. The van der Waals surface area contributed by atoms with Crippen LogP contribution in [0.1, 0.15) is 28.8 Å². The number of aliphatic hydroxyl groups is 1. The Morgan fingerprint density at radius 3 is 2.60 bits per heavy atom. The third kappa shape index (κ3) is 4.31. The van der Waals surface area contributed by atoms with E-state index >= 15 is 0 Å². The van der Waals surface area contributed by atoms with Crippen LogP contribution in [0.5, 0.6) is 5.75 Å². The summed E-state index contributed by atoms with van der Waals surface area (Å²) in [6.07, 6.45) is 1.71. The molecule has 0 aromatic heterocycles. The van der Waals surface area contributed by atoms with Crippen molar-refractivity contribution >= 4 is 11.6 Å². The Balaban J connectivity index is 1.63. The topological polar surface area (TPSA) is 72.8 Å². The van der Waals surface area contributed by atoms with Gasteiger partial charge in [-0.3, -0.25) is 4.79 Å². The number of aliphatic hydroxyl groups excluding tert-OH is 1. The predicted octanol–water partition coefficient (Wildman–Crippen LogP) is 2.85. The summed E-state index contributed by atoms with van der Waals surface area (Å²) in [6.45, 7) is 2.08. The zero-order chi connectivity index (χ0) is 17.6. The van der Waals surface area contributed by atoms with Crippen LogP contribution in [0.25, 0.3) is 0 Å². The average Bonchev–Trinajstić information content (AvgIpc) is 2.67. The highest BCUT2D eigenvalue weighted by Gasteiger charge is 2.23. The van der Waals surface area contributed by atoms with E-state index in [9.17, 15) is 15.0 Å². The summed E-state index contributed by atoms with van der Waals surface area (Å²) >= 11 is 0. The summed E-state index contributed by atoms with van der Waals surface area (Å²) in [5, 5.41) is 22.3. The molecule has 1 amide bonds. The molecule has 25 heavy (non-hydrogen) atoms. The summed E-state index contributed by atoms with van der Waals surface area (Å²) in [4.78, 5) is 14.5. The lowest BCUT2D eigenvalue weighted by Crippen LogP contribution is -2.39. The first-order valence-corrected chi connectivity index (χ1v) is 8.68. The minimum absolute atomic E-state index is 0.0302. The van der Waals surface area contributed by atoms with Crippen LogP contribution < -0.4 is 5.32 Å². The number of piperidine rings is 1. The number of hydrogen-bond donors (Lipinski definition) is 3. The molecule has 2 aromatic carbocycles. The molecular formula is C20H24N2O3. The molecule has 3 N–H and O–H groups in total. The molecule has 0 atom stereocenters. The van der Waals surface area contributed by atoms with Gasteiger partial charge in [-0.25, -0.2) is 0 Å². The number of benzene rings is 2. The molecule has 1 aliphatic rings. The van der Waals surface area contributed by atoms with Crippen LogP contribution in [0.15, 0.2) is 48.5 Å². The van der Waals surface area contributed by atoms with E-state index in [-0.39, 0.29) is 18.3 Å². The van der Waals surface area contributed by atoms with Gasteiger partial charge in [-0.15, -0.1) is 0 Å². The zero-order valence-corrected chi connectivity index (χ0v) is 14.2. The second-order valence-corrected chi connectivity index (χ2v) is 6.48. The Hall–Kier alpha value is -2.53. The van der Waals surface area contributed by atoms with Crippen molar-refractivity contribution < 1.29 is 15.0 Å². The maximum Gasteiger partial charge on any atom is 0.253 e. The monoisotopic (exact) mass is 340 g/mol. The predicted molar refractivity (Wildman–Crippen MR) is 97.6 cm³/mol. The van der Waals surface area contributed by atoms with Crippen molar-refractivity contribution in [3.8, 4) is 5.75 Å². The van der Waals surface area contributed by atoms with Crippen molar-refractivity contribution in [1.82, 2.24) is 4.90 Å². The number of aromatic hydroxyl groups is 1. The summed E-state index contributed by atoms with van der Waals surface area (Å²) < 4.78 is 0. The van der Waals surface area contributed by atoms with Gasteiger partial charge in [0.25, 0.3) is 5.91 Å². The van der Waals surface area contributed by atoms with Crippen molar-refractivity contribution in [1.29, 1.82) is 0 Å². The quantitative estimate of drug-likeness (QED) is 0.783. The number of carbonyl (C=O) groups is 1. The Morgan fingerprint density at radius 1 is 1.12 bits per heavy atom. The van der Waals surface area contributed by atoms with Gasteiger partial charge in [0.05, 0.1) is 0 Å². The van der Waals surface area contributed by atoms with Crippen molar-refractivity contribution in [2.24, 2.45) is 5.92 Å². The molecule has 0 unspecified atom stereocenters. The molecule has 0 bridgehead atoms. The van der Waals surface area contributed by atoms with E-state index in [0.717, 1.165) is 24.1 Å². The fourth-order valence-electron chi connectivity index (χ4n) is 3.12. The molecular weight excluding hydrogens is 316 g/mol. The lowest BCUT2D eigenvalue weighted by atomic mass is 9.97. The van der Waals surface area contributed by atoms with Crippen molar-refractivity contribution in [2.45, 2.75) is 19.4 Å². The Kier molecular flexibility index (Phi) is 5.56. The van der Waals surface area contributed by atoms with Crippen LogP contribution in [0.3, 0.4) is 0 Å². The number of amides is 1. The number of likely N-dealkylation sites (tertiary alicyclic amines) is 1. The molecule has 0 radical (unpaired) electrons. The summed E-state index contributed by atoms with van der Waals surface area (Å²) in [6, 6.07) is 14.6. The Bertz CT molecular complexity index is 724. The van der Waals surface area contributed by atoms with E-state index in [0.29, 0.717) is 31.1 Å². The van der Waals surface area contributed by atoms with Gasteiger partial charge in [-0.1, -0.05) is 24.3 Å². The lowest BCUT2D eigenvalue weighted by molar-refractivity contribution is 0.0651. The number of hydrogen-bond acceptors (Lipinski definition) is 4. The van der Waals surface area contributed by atoms with Gasteiger partial charge in [-0.2, -0.15) is 0 Å². The van der Waals surface area contributed by atoms with Crippen molar-refractivity contribution in [3.05, 3.63) is 59.7 Å². The van der Waals surface area contributed by atoms with Gasteiger partial charge in [0, 0.05) is 43.1 Å². The number of phenols is 1. The second kappa shape index (κ2) is 8.03. The van der Waals surface area contributed by atoms with Crippen LogP contribution in [0, 0.1) is 5.92 Å². The third-order valence-electron chi connectivity index (χ3n) is 4.74. The standard InChI is InChI=1S/C20H24N2O3/c23-14-15-8-10-22(11-9-15)20(25)16-5-3-6-18(12-16)21-13-17-4-1-2-7-19(17)24/h1-7,12,15,21,23-24H,8-11,13-14H2. The van der Waals surface area contributed by atoms with Crippen LogP contribution in [-0.2, 0) is 6.54 Å². The van der Waals surface area contributed by atoms with Crippen LogP contribution in [0.2, 0.25) is 0 Å². The molecule has 132 valence electrons. The largest absolute Gasteiger partial charge is 0.508 e. The summed E-state index contributed by atoms with van der Waals surface area (Å²) in [5.41, 5.74) is 2.31. The molecule has 2 aromatic rings. The highest BCUT2D eigenvalue weighted by atomic mass is 16.3. The lowest BCUT2D eigenvalue weighted by Gasteiger charge is -2.31.